The topological polar surface area (TPSA) is 58.0 Å². The van der Waals surface area contributed by atoms with Crippen molar-refractivity contribution in [3.8, 4) is 33.9 Å². The molecular formula is C31H36N6. The molecule has 1 fully saturated rings. The minimum Gasteiger partial charge on any atom is -0.304 e. The molecule has 0 unspecified atom stereocenters. The normalized spacial score (nSPS) is 14.7. The lowest BCUT2D eigenvalue weighted by Gasteiger charge is -2.32. The summed E-state index contributed by atoms with van der Waals surface area (Å²) in [5.41, 5.74) is 8.30. The van der Waals surface area contributed by atoms with Crippen molar-refractivity contribution in [3.05, 3.63) is 83.9 Å². The first-order valence-electron chi connectivity index (χ1n) is 13.3. The number of hydrogen-bond donors (Lipinski definition) is 0. The number of aryl methyl sites for hydroxylation is 2. The highest BCUT2D eigenvalue weighted by molar-refractivity contribution is 5.71. The van der Waals surface area contributed by atoms with E-state index in [0.29, 0.717) is 5.82 Å². The lowest BCUT2D eigenvalue weighted by Crippen LogP contribution is -2.43. The molecule has 1 aliphatic rings. The number of piperazine rings is 1. The summed E-state index contributed by atoms with van der Waals surface area (Å²) in [6.45, 7) is 9.74. The summed E-state index contributed by atoms with van der Waals surface area (Å²) >= 11 is 0. The smallest absolute Gasteiger partial charge is 0.178 e. The van der Waals surface area contributed by atoms with Crippen LogP contribution in [0.2, 0.25) is 0 Å². The van der Waals surface area contributed by atoms with Crippen LogP contribution in [0.1, 0.15) is 36.7 Å². The summed E-state index contributed by atoms with van der Waals surface area (Å²) in [5.74, 6) is 0.672. The lowest BCUT2D eigenvalue weighted by atomic mass is 10.0. The Balaban J connectivity index is 1.40. The largest absolute Gasteiger partial charge is 0.304 e. The SMILES string of the molecule is CCCCc1cc(-c2cncc(-c3ccc(CN4CCN(C)CC4)cc3)c2)nc(-c2cccc(C)n2)n1. The molecule has 5 rings (SSSR count). The Kier molecular flexibility index (Phi) is 7.97. The zero-order valence-electron chi connectivity index (χ0n) is 22.2. The molecule has 190 valence electrons. The van der Waals surface area contributed by atoms with Gasteiger partial charge in [0.25, 0.3) is 0 Å². The molecule has 0 aliphatic carbocycles. The fourth-order valence-corrected chi connectivity index (χ4v) is 4.72. The summed E-state index contributed by atoms with van der Waals surface area (Å²) < 4.78 is 0. The summed E-state index contributed by atoms with van der Waals surface area (Å²) in [6.07, 6.45) is 6.97. The fourth-order valence-electron chi connectivity index (χ4n) is 4.72. The molecule has 0 radical (unpaired) electrons. The number of hydrogen-bond acceptors (Lipinski definition) is 6. The van der Waals surface area contributed by atoms with Gasteiger partial charge in [-0.05, 0) is 62.2 Å². The molecule has 0 N–H and O–H groups in total. The quantitative estimate of drug-likeness (QED) is 0.316. The molecule has 0 atom stereocenters. The number of aromatic nitrogens is 4. The predicted octanol–water partition coefficient (Wildman–Crippen LogP) is 5.67. The maximum Gasteiger partial charge on any atom is 0.178 e. The second-order valence-corrected chi connectivity index (χ2v) is 10.1. The number of benzene rings is 1. The molecule has 37 heavy (non-hydrogen) atoms. The van der Waals surface area contributed by atoms with Gasteiger partial charge in [-0.1, -0.05) is 43.7 Å². The zero-order chi connectivity index (χ0) is 25.6. The number of likely N-dealkylation sites (N-methyl/N-ethyl adjacent to an activating group) is 1. The monoisotopic (exact) mass is 492 g/mol. The molecule has 0 bridgehead atoms. The van der Waals surface area contributed by atoms with Gasteiger partial charge in [0.05, 0.1) is 5.69 Å². The van der Waals surface area contributed by atoms with Crippen LogP contribution in [0.4, 0.5) is 0 Å². The van der Waals surface area contributed by atoms with Gasteiger partial charge in [-0.25, -0.2) is 15.0 Å². The van der Waals surface area contributed by atoms with E-state index < -0.39 is 0 Å². The Labute approximate surface area is 220 Å². The number of rotatable bonds is 8. The van der Waals surface area contributed by atoms with Gasteiger partial charge in [0.15, 0.2) is 5.82 Å². The zero-order valence-corrected chi connectivity index (χ0v) is 22.2. The molecule has 0 spiro atoms. The van der Waals surface area contributed by atoms with Crippen LogP contribution in [0.5, 0.6) is 0 Å². The van der Waals surface area contributed by atoms with Crippen molar-refractivity contribution >= 4 is 0 Å². The third-order valence-corrected chi connectivity index (χ3v) is 7.01. The van der Waals surface area contributed by atoms with Gasteiger partial charge >= 0.3 is 0 Å². The second kappa shape index (κ2) is 11.7. The summed E-state index contributed by atoms with van der Waals surface area (Å²) in [6, 6.07) is 19.2. The molecule has 4 aromatic rings. The maximum atomic E-state index is 4.92. The first-order valence-corrected chi connectivity index (χ1v) is 13.3. The molecule has 1 aliphatic heterocycles. The van der Waals surface area contributed by atoms with Gasteiger partial charge in [0, 0.05) is 67.6 Å². The van der Waals surface area contributed by atoms with Gasteiger partial charge in [-0.15, -0.1) is 0 Å². The Morgan fingerprint density at radius 1 is 0.784 bits per heavy atom. The molecule has 6 nitrogen and oxygen atoms in total. The van der Waals surface area contributed by atoms with Crippen molar-refractivity contribution in [3.63, 3.8) is 0 Å². The summed E-state index contributed by atoms with van der Waals surface area (Å²) in [5, 5.41) is 0. The third kappa shape index (κ3) is 6.45. The van der Waals surface area contributed by atoms with Crippen molar-refractivity contribution in [2.75, 3.05) is 33.2 Å². The maximum absolute atomic E-state index is 4.92. The van der Waals surface area contributed by atoms with Crippen LogP contribution >= 0.6 is 0 Å². The number of nitrogens with zero attached hydrogens (tertiary/aromatic N) is 6. The van der Waals surface area contributed by atoms with E-state index in [4.69, 9.17) is 9.97 Å². The average Bonchev–Trinajstić information content (AvgIpc) is 2.93. The van der Waals surface area contributed by atoms with Crippen molar-refractivity contribution in [2.24, 2.45) is 0 Å². The molecule has 1 aromatic carbocycles. The van der Waals surface area contributed by atoms with Crippen LogP contribution in [0.25, 0.3) is 33.9 Å². The molecule has 1 saturated heterocycles. The standard InChI is InChI=1S/C31H36N6/c1-4-5-8-28-19-30(35-31(34-28)29-9-6-7-23(2)33-29)27-18-26(20-32-21-27)25-12-10-24(11-13-25)22-37-16-14-36(3)15-17-37/h6-7,9-13,18-21H,4-5,8,14-17,22H2,1-3H3. The molecule has 4 heterocycles. The average molecular weight is 493 g/mol. The molecule has 3 aromatic heterocycles. The summed E-state index contributed by atoms with van der Waals surface area (Å²) in [7, 11) is 2.20. The van der Waals surface area contributed by atoms with Crippen LogP contribution in [-0.4, -0.2) is 63.0 Å². The van der Waals surface area contributed by atoms with Gasteiger partial charge in [-0.3, -0.25) is 9.88 Å². The molecule has 0 saturated carbocycles. The molecule has 0 amide bonds. The Morgan fingerprint density at radius 2 is 1.57 bits per heavy atom. The van der Waals surface area contributed by atoms with E-state index in [9.17, 15) is 0 Å². The van der Waals surface area contributed by atoms with Crippen LogP contribution < -0.4 is 0 Å². The van der Waals surface area contributed by atoms with Crippen molar-refractivity contribution in [1.29, 1.82) is 0 Å². The Hall–Kier alpha value is -3.48. The van der Waals surface area contributed by atoms with Crippen molar-refractivity contribution in [1.82, 2.24) is 29.7 Å². The molecular weight excluding hydrogens is 456 g/mol. The highest BCUT2D eigenvalue weighted by Crippen LogP contribution is 2.27. The van der Waals surface area contributed by atoms with Gasteiger partial charge in [0.2, 0.25) is 0 Å². The van der Waals surface area contributed by atoms with E-state index in [1.807, 2.05) is 37.5 Å². The minimum atomic E-state index is 0.672. The first kappa shape index (κ1) is 25.2. The fraction of sp³-hybridized carbons (Fsp3) is 0.355. The van der Waals surface area contributed by atoms with Crippen LogP contribution in [0.15, 0.2) is 67.0 Å². The highest BCUT2D eigenvalue weighted by Gasteiger charge is 2.14. The van der Waals surface area contributed by atoms with Gasteiger partial charge < -0.3 is 4.90 Å². The second-order valence-electron chi connectivity index (χ2n) is 10.1. The minimum absolute atomic E-state index is 0.672. The third-order valence-electron chi connectivity index (χ3n) is 7.01. The van der Waals surface area contributed by atoms with Crippen LogP contribution in [0.3, 0.4) is 0 Å². The van der Waals surface area contributed by atoms with Gasteiger partial charge in [0.1, 0.15) is 5.69 Å². The predicted molar refractivity (Wildman–Crippen MR) is 150 cm³/mol. The van der Waals surface area contributed by atoms with E-state index in [-0.39, 0.29) is 0 Å². The number of pyridine rings is 2. The van der Waals surface area contributed by atoms with Crippen molar-refractivity contribution in [2.45, 2.75) is 39.7 Å². The van der Waals surface area contributed by atoms with Gasteiger partial charge in [-0.2, -0.15) is 0 Å². The van der Waals surface area contributed by atoms with Crippen molar-refractivity contribution < 1.29 is 0 Å². The van der Waals surface area contributed by atoms with E-state index in [0.717, 1.165) is 91.5 Å². The summed E-state index contributed by atoms with van der Waals surface area (Å²) in [4.78, 5) is 23.9. The molecule has 6 heteroatoms. The Morgan fingerprint density at radius 3 is 2.32 bits per heavy atom. The number of unbranched alkanes of at least 4 members (excludes halogenated alkanes) is 1. The van der Waals surface area contributed by atoms with Crippen LogP contribution in [-0.2, 0) is 13.0 Å². The van der Waals surface area contributed by atoms with E-state index in [2.05, 4.69) is 70.1 Å². The lowest BCUT2D eigenvalue weighted by molar-refractivity contribution is 0.148. The van der Waals surface area contributed by atoms with Crippen LogP contribution in [0, 0.1) is 6.92 Å². The van der Waals surface area contributed by atoms with E-state index in [1.54, 1.807) is 0 Å². The highest BCUT2D eigenvalue weighted by atomic mass is 15.2. The van der Waals surface area contributed by atoms with E-state index in [1.165, 1.54) is 5.56 Å². The Bertz CT molecular complexity index is 1330. The first-order chi connectivity index (χ1) is 18.1. The van der Waals surface area contributed by atoms with E-state index >= 15 is 0 Å².